The number of piperidine rings is 1. The van der Waals surface area contributed by atoms with Gasteiger partial charge in [0, 0.05) is 44.2 Å². The van der Waals surface area contributed by atoms with Gasteiger partial charge in [-0.3, -0.25) is 9.47 Å². The fourth-order valence-corrected chi connectivity index (χ4v) is 4.24. The molecule has 3 heterocycles. The highest BCUT2D eigenvalue weighted by Crippen LogP contribution is 2.26. The van der Waals surface area contributed by atoms with Crippen molar-refractivity contribution in [3.05, 3.63) is 90.5 Å². The summed E-state index contributed by atoms with van der Waals surface area (Å²) in [6.45, 7) is 3.83. The number of halogens is 1. The monoisotopic (exact) mass is 563 g/mol. The molecule has 0 amide bonds. The molecule has 1 fully saturated rings. The van der Waals surface area contributed by atoms with E-state index in [2.05, 4.69) is 19.4 Å². The van der Waals surface area contributed by atoms with E-state index in [0.717, 1.165) is 49.1 Å². The van der Waals surface area contributed by atoms with Crippen LogP contribution in [0.5, 0.6) is 12.0 Å². The van der Waals surface area contributed by atoms with Gasteiger partial charge in [0.2, 0.25) is 0 Å². The van der Waals surface area contributed by atoms with Gasteiger partial charge in [0.25, 0.3) is 6.01 Å². The van der Waals surface area contributed by atoms with E-state index >= 15 is 0 Å². The minimum Gasteiger partial charge on any atom is -0.478 e. The largest absolute Gasteiger partial charge is 0.478 e. The number of carbonyl (C=O) groups is 2. The maximum absolute atomic E-state index is 13.3. The minimum atomic E-state index is -1.26. The molecule has 0 unspecified atom stereocenters. The third-order valence-corrected chi connectivity index (χ3v) is 6.23. The molecule has 11 nitrogen and oxygen atoms in total. The summed E-state index contributed by atoms with van der Waals surface area (Å²) in [6, 6.07) is 17.4. The molecular weight excluding hydrogens is 533 g/mol. The molecule has 0 radical (unpaired) electrons. The van der Waals surface area contributed by atoms with Crippen molar-refractivity contribution in [3.8, 4) is 12.0 Å². The van der Waals surface area contributed by atoms with Crippen LogP contribution in [0.2, 0.25) is 0 Å². The Balaban J connectivity index is 0.000000426. The van der Waals surface area contributed by atoms with Gasteiger partial charge in [-0.1, -0.05) is 24.3 Å². The van der Waals surface area contributed by atoms with E-state index in [1.165, 1.54) is 12.1 Å². The van der Waals surface area contributed by atoms with E-state index in [0.29, 0.717) is 37.3 Å². The predicted octanol–water partition coefficient (Wildman–Crippen LogP) is 3.65. The zero-order chi connectivity index (χ0) is 29.0. The third kappa shape index (κ3) is 9.11. The molecule has 1 saturated heterocycles. The number of imidazole rings is 1. The summed E-state index contributed by atoms with van der Waals surface area (Å²) >= 11 is 0. The van der Waals surface area contributed by atoms with E-state index < -0.39 is 11.9 Å². The van der Waals surface area contributed by atoms with Crippen molar-refractivity contribution >= 4 is 23.0 Å². The van der Waals surface area contributed by atoms with Crippen molar-refractivity contribution < 1.29 is 33.7 Å². The second-order valence-electron chi connectivity index (χ2n) is 9.14. The van der Waals surface area contributed by atoms with E-state index in [9.17, 15) is 14.0 Å². The number of rotatable bonds is 10. The summed E-state index contributed by atoms with van der Waals surface area (Å²) < 4.78 is 27.4. The smallest absolute Gasteiger partial charge is 0.328 e. The zero-order valence-electron chi connectivity index (χ0n) is 22.2. The van der Waals surface area contributed by atoms with E-state index in [4.69, 9.17) is 24.7 Å². The highest BCUT2D eigenvalue weighted by atomic mass is 19.1. The normalized spacial score (nSPS) is 14.0. The average molecular weight is 564 g/mol. The molecule has 214 valence electrons. The first-order valence-electron chi connectivity index (χ1n) is 13.0. The number of fused-ring (bicyclic) bond motifs is 1. The number of carboxylic acid groups (broad SMARTS) is 2. The van der Waals surface area contributed by atoms with Crippen molar-refractivity contribution in [1.29, 1.82) is 0 Å². The molecule has 1 aliphatic rings. The van der Waals surface area contributed by atoms with Gasteiger partial charge in [-0.05, 0) is 48.7 Å². The number of hydrogen-bond donors (Lipinski definition) is 2. The molecule has 5 rings (SSSR count). The quantitative estimate of drug-likeness (QED) is 0.275. The molecular formula is C29H30FN5O6. The molecule has 4 aromatic rings. The van der Waals surface area contributed by atoms with Crippen molar-refractivity contribution in [3.63, 3.8) is 0 Å². The molecule has 0 bridgehead atoms. The zero-order valence-corrected chi connectivity index (χ0v) is 22.2. The van der Waals surface area contributed by atoms with Crippen LogP contribution in [0.4, 0.5) is 4.39 Å². The summed E-state index contributed by atoms with van der Waals surface area (Å²) in [5, 5.41) is 15.6. The second kappa shape index (κ2) is 14.5. The number of nitrogens with zero attached hydrogens (tertiary/aromatic N) is 5. The highest BCUT2D eigenvalue weighted by Gasteiger charge is 2.23. The van der Waals surface area contributed by atoms with Crippen molar-refractivity contribution in [2.45, 2.75) is 25.5 Å². The van der Waals surface area contributed by atoms with Crippen LogP contribution in [0.1, 0.15) is 18.4 Å². The molecule has 0 aliphatic carbocycles. The number of benzene rings is 2. The van der Waals surface area contributed by atoms with Gasteiger partial charge in [-0.2, -0.15) is 4.98 Å². The van der Waals surface area contributed by atoms with Crippen LogP contribution in [-0.2, 0) is 16.1 Å². The van der Waals surface area contributed by atoms with E-state index in [-0.39, 0.29) is 11.9 Å². The van der Waals surface area contributed by atoms with E-state index in [1.807, 2.05) is 24.3 Å². The third-order valence-electron chi connectivity index (χ3n) is 6.23. The van der Waals surface area contributed by atoms with Gasteiger partial charge in [0.05, 0.1) is 17.6 Å². The Morgan fingerprint density at radius 1 is 0.951 bits per heavy atom. The predicted molar refractivity (Wildman–Crippen MR) is 147 cm³/mol. The number of ether oxygens (including phenoxy) is 2. The molecule has 41 heavy (non-hydrogen) atoms. The fourth-order valence-electron chi connectivity index (χ4n) is 4.24. The molecule has 1 aliphatic heterocycles. The Hall–Kier alpha value is -4.84. The minimum absolute atomic E-state index is 0.100. The van der Waals surface area contributed by atoms with E-state index in [1.54, 1.807) is 30.6 Å². The van der Waals surface area contributed by atoms with Crippen LogP contribution in [-0.4, -0.2) is 78.9 Å². The van der Waals surface area contributed by atoms with Gasteiger partial charge < -0.3 is 19.7 Å². The lowest BCUT2D eigenvalue weighted by Gasteiger charge is -2.31. The average Bonchev–Trinajstić information content (AvgIpc) is 3.31. The van der Waals surface area contributed by atoms with Gasteiger partial charge in [0.1, 0.15) is 18.5 Å². The summed E-state index contributed by atoms with van der Waals surface area (Å²) in [5.41, 5.74) is 2.91. The number of para-hydroxylation sites is 2. The number of aromatic nitrogens is 4. The molecule has 2 aromatic carbocycles. The van der Waals surface area contributed by atoms with Crippen LogP contribution in [0, 0.1) is 5.82 Å². The number of likely N-dealkylation sites (tertiary alicyclic amines) is 1. The molecule has 12 heteroatoms. The second-order valence-corrected chi connectivity index (χ2v) is 9.14. The van der Waals surface area contributed by atoms with Crippen molar-refractivity contribution in [2.75, 3.05) is 26.2 Å². The maximum atomic E-state index is 13.3. The standard InChI is InChI=1S/C25H26FN5O2.C4H4O4/c26-20-8-6-19(7-9-20)18-31-23-5-2-1-4-22(23)29-25(31)33-21-10-14-30(15-11-21)16-17-32-24-27-12-3-13-28-24;5-3(6)1-2-4(7)8/h1-9,12-13,21H,10-11,14-18H2;1-2H,(H,5,6)(H,7,8)/b;2-1+. The van der Waals surface area contributed by atoms with Gasteiger partial charge >= 0.3 is 17.9 Å². The maximum Gasteiger partial charge on any atom is 0.328 e. The number of hydrogen-bond acceptors (Lipinski definition) is 8. The molecule has 2 N–H and O–H groups in total. The van der Waals surface area contributed by atoms with Crippen LogP contribution in [0.3, 0.4) is 0 Å². The summed E-state index contributed by atoms with van der Waals surface area (Å²) in [6.07, 6.45) is 6.40. The first-order valence-corrected chi connectivity index (χ1v) is 13.0. The van der Waals surface area contributed by atoms with Crippen LogP contribution in [0.15, 0.2) is 79.1 Å². The Morgan fingerprint density at radius 2 is 1.61 bits per heavy atom. The van der Waals surface area contributed by atoms with Crippen molar-refractivity contribution in [1.82, 2.24) is 24.4 Å². The van der Waals surface area contributed by atoms with Crippen LogP contribution >= 0.6 is 0 Å². The summed E-state index contributed by atoms with van der Waals surface area (Å²) in [4.78, 5) is 34.4. The summed E-state index contributed by atoms with van der Waals surface area (Å²) in [7, 11) is 0. The Kier molecular flexibility index (Phi) is 10.3. The highest BCUT2D eigenvalue weighted by molar-refractivity contribution is 5.89. The van der Waals surface area contributed by atoms with Crippen LogP contribution < -0.4 is 9.47 Å². The first kappa shape index (κ1) is 29.2. The molecule has 0 spiro atoms. The Labute approximate surface area is 235 Å². The molecule has 0 saturated carbocycles. The van der Waals surface area contributed by atoms with Gasteiger partial charge in [-0.15, -0.1) is 0 Å². The van der Waals surface area contributed by atoms with Crippen LogP contribution in [0.25, 0.3) is 11.0 Å². The Morgan fingerprint density at radius 3 is 2.27 bits per heavy atom. The number of carboxylic acids is 2. The fraction of sp³-hybridized carbons (Fsp3) is 0.276. The molecule has 0 atom stereocenters. The SMILES string of the molecule is Fc1ccc(Cn2c(OC3CCN(CCOc4ncccn4)CC3)nc3ccccc32)cc1.O=C(O)/C=C/C(=O)O. The number of aliphatic carboxylic acids is 2. The lowest BCUT2D eigenvalue weighted by molar-refractivity contribution is -0.134. The first-order chi connectivity index (χ1) is 19.9. The summed E-state index contributed by atoms with van der Waals surface area (Å²) in [5.74, 6) is -2.75. The lowest BCUT2D eigenvalue weighted by atomic mass is 10.1. The molecule has 2 aromatic heterocycles. The van der Waals surface area contributed by atoms with Gasteiger partial charge in [0.15, 0.2) is 0 Å². The topological polar surface area (TPSA) is 140 Å². The lowest BCUT2D eigenvalue weighted by Crippen LogP contribution is -2.40. The van der Waals surface area contributed by atoms with Gasteiger partial charge in [-0.25, -0.2) is 23.9 Å². The van der Waals surface area contributed by atoms with Crippen molar-refractivity contribution in [2.24, 2.45) is 0 Å². The Bertz CT molecular complexity index is 1440.